The van der Waals surface area contributed by atoms with Crippen LogP contribution in [0.25, 0.3) is 117 Å². The van der Waals surface area contributed by atoms with E-state index in [0.29, 0.717) is 0 Å². The SMILES string of the molecule is c1ccc(-c2cc(-c3cccc(-c4ccc5c(c4)c4cc(-c6cccc(-c7cc(-c8ccccc8)nc(-c8ccccc8)c7)c6)ccc4n5-c4ccccc4)c3)cc(-c3ccccc3)n2)cc1. The molecule has 3 heterocycles. The van der Waals surface area contributed by atoms with Gasteiger partial charge in [0.2, 0.25) is 0 Å². The predicted molar refractivity (Wildman–Crippen MR) is 280 cm³/mol. The number of hydrogen-bond donors (Lipinski definition) is 0. The summed E-state index contributed by atoms with van der Waals surface area (Å²) in [6.45, 7) is 0. The van der Waals surface area contributed by atoms with Crippen molar-refractivity contribution in [3.63, 3.8) is 0 Å². The van der Waals surface area contributed by atoms with E-state index in [-0.39, 0.29) is 0 Å². The number of fused-ring (bicyclic) bond motifs is 3. The Labute approximate surface area is 390 Å². The largest absolute Gasteiger partial charge is 0.309 e. The van der Waals surface area contributed by atoms with Crippen molar-refractivity contribution in [3.05, 3.63) is 261 Å². The fourth-order valence-corrected chi connectivity index (χ4v) is 9.42. The summed E-state index contributed by atoms with van der Waals surface area (Å²) in [6.07, 6.45) is 0. The first-order valence-electron chi connectivity index (χ1n) is 22.8. The first-order valence-corrected chi connectivity index (χ1v) is 22.8. The fraction of sp³-hybridized carbons (Fsp3) is 0. The minimum atomic E-state index is 0.952. The van der Waals surface area contributed by atoms with Crippen molar-refractivity contribution in [1.82, 2.24) is 14.5 Å². The van der Waals surface area contributed by atoms with Crippen LogP contribution in [0.1, 0.15) is 0 Å². The van der Waals surface area contributed by atoms with Crippen LogP contribution in [0, 0.1) is 0 Å². The zero-order chi connectivity index (χ0) is 44.5. The second kappa shape index (κ2) is 17.2. The molecule has 0 amide bonds. The highest BCUT2D eigenvalue weighted by Crippen LogP contribution is 2.40. The van der Waals surface area contributed by atoms with Crippen molar-refractivity contribution in [1.29, 1.82) is 0 Å². The highest BCUT2D eigenvalue weighted by atomic mass is 15.0. The Bertz CT molecular complexity index is 3370. The normalized spacial score (nSPS) is 11.3. The zero-order valence-corrected chi connectivity index (χ0v) is 36.7. The Morgan fingerprint density at radius 2 is 0.493 bits per heavy atom. The first kappa shape index (κ1) is 39.7. The fourth-order valence-electron chi connectivity index (χ4n) is 9.42. The molecule has 0 saturated carbocycles. The first-order chi connectivity index (χ1) is 33.2. The molecule has 0 atom stereocenters. The third-order valence-electron chi connectivity index (χ3n) is 12.8. The van der Waals surface area contributed by atoms with E-state index in [4.69, 9.17) is 9.97 Å². The van der Waals surface area contributed by atoms with Gasteiger partial charge in [0.25, 0.3) is 0 Å². The molecule has 3 aromatic heterocycles. The summed E-state index contributed by atoms with van der Waals surface area (Å²) in [5.41, 5.74) is 20.8. The Morgan fingerprint density at radius 3 is 0.836 bits per heavy atom. The molecule has 12 rings (SSSR count). The van der Waals surface area contributed by atoms with Crippen molar-refractivity contribution >= 4 is 21.8 Å². The maximum Gasteiger partial charge on any atom is 0.0715 e. The maximum atomic E-state index is 5.14. The minimum Gasteiger partial charge on any atom is -0.309 e. The van der Waals surface area contributed by atoms with Gasteiger partial charge in [-0.3, -0.25) is 0 Å². The summed E-state index contributed by atoms with van der Waals surface area (Å²) in [6, 6.07) is 93.1. The highest BCUT2D eigenvalue weighted by molar-refractivity contribution is 6.11. The third kappa shape index (κ3) is 7.79. The number of benzene rings is 9. The Morgan fingerprint density at radius 1 is 0.209 bits per heavy atom. The average Bonchev–Trinajstić information content (AvgIpc) is 3.75. The van der Waals surface area contributed by atoms with Gasteiger partial charge >= 0.3 is 0 Å². The highest BCUT2D eigenvalue weighted by Gasteiger charge is 2.17. The van der Waals surface area contributed by atoms with Crippen molar-refractivity contribution < 1.29 is 0 Å². The molecular weight excluding hydrogens is 811 g/mol. The van der Waals surface area contributed by atoms with Crippen LogP contribution in [0.4, 0.5) is 0 Å². The summed E-state index contributed by atoms with van der Waals surface area (Å²) in [4.78, 5) is 10.3. The lowest BCUT2D eigenvalue weighted by Gasteiger charge is -2.12. The van der Waals surface area contributed by atoms with E-state index in [1.807, 2.05) is 24.3 Å². The van der Waals surface area contributed by atoms with Crippen molar-refractivity contribution in [2.45, 2.75) is 0 Å². The van der Waals surface area contributed by atoms with Gasteiger partial charge in [-0.2, -0.15) is 0 Å². The summed E-state index contributed by atoms with van der Waals surface area (Å²) in [5.74, 6) is 0. The van der Waals surface area contributed by atoms with E-state index in [1.54, 1.807) is 0 Å². The molecule has 12 aromatic rings. The molecule has 0 aliphatic carbocycles. The number of hydrogen-bond acceptors (Lipinski definition) is 2. The lowest BCUT2D eigenvalue weighted by Crippen LogP contribution is -1.93. The monoisotopic (exact) mass is 853 g/mol. The molecule has 314 valence electrons. The van der Waals surface area contributed by atoms with Gasteiger partial charge in [0.05, 0.1) is 33.8 Å². The van der Waals surface area contributed by atoms with Gasteiger partial charge in [-0.05, 0) is 117 Å². The lowest BCUT2D eigenvalue weighted by atomic mass is 9.95. The standard InChI is InChI=1S/C64H43N3/c1-6-18-44(19-7-1)59-40-54(41-60(65-59)45-20-8-2-9-21-45)50-28-16-26-48(36-50)52-32-34-63-57(38-52)58-39-53(33-35-64(58)67(63)56-30-14-5-15-31-56)49-27-17-29-51(37-49)55-42-61(46-22-10-3-11-23-46)66-62(43-55)47-24-12-4-13-25-47/h1-43H. The van der Waals surface area contributed by atoms with E-state index in [1.165, 1.54) is 21.8 Å². The molecule has 3 heteroatoms. The molecule has 0 aliphatic rings. The van der Waals surface area contributed by atoms with Gasteiger partial charge in [-0.25, -0.2) is 9.97 Å². The van der Waals surface area contributed by atoms with Gasteiger partial charge in [-0.1, -0.05) is 188 Å². The second-order valence-electron chi connectivity index (χ2n) is 17.0. The zero-order valence-electron chi connectivity index (χ0n) is 36.7. The van der Waals surface area contributed by atoms with Crippen LogP contribution in [0.3, 0.4) is 0 Å². The van der Waals surface area contributed by atoms with Gasteiger partial charge in [0, 0.05) is 38.7 Å². The van der Waals surface area contributed by atoms with Crippen molar-refractivity contribution in [3.8, 4) is 95.2 Å². The van der Waals surface area contributed by atoms with Crippen LogP contribution in [0.5, 0.6) is 0 Å². The quantitative estimate of drug-likeness (QED) is 0.145. The molecule has 0 radical (unpaired) electrons. The van der Waals surface area contributed by atoms with E-state index in [9.17, 15) is 0 Å². The molecule has 67 heavy (non-hydrogen) atoms. The second-order valence-corrected chi connectivity index (χ2v) is 17.0. The molecule has 0 N–H and O–H groups in total. The Kier molecular flexibility index (Phi) is 10.2. The summed E-state index contributed by atoms with van der Waals surface area (Å²) in [7, 11) is 0. The molecular formula is C64H43N3. The number of nitrogens with zero attached hydrogens (tertiary/aromatic N) is 3. The smallest absolute Gasteiger partial charge is 0.0715 e. The van der Waals surface area contributed by atoms with Gasteiger partial charge in [-0.15, -0.1) is 0 Å². The van der Waals surface area contributed by atoms with Crippen molar-refractivity contribution in [2.24, 2.45) is 0 Å². The van der Waals surface area contributed by atoms with Gasteiger partial charge in [0.1, 0.15) is 0 Å². The molecule has 0 aliphatic heterocycles. The van der Waals surface area contributed by atoms with Crippen LogP contribution in [-0.2, 0) is 0 Å². The molecule has 9 aromatic carbocycles. The predicted octanol–water partition coefficient (Wildman–Crippen LogP) is 16.9. The minimum absolute atomic E-state index is 0.952. The average molecular weight is 854 g/mol. The molecule has 0 saturated heterocycles. The van der Waals surface area contributed by atoms with Crippen LogP contribution >= 0.6 is 0 Å². The lowest BCUT2D eigenvalue weighted by molar-refractivity contribution is 1.18. The number of aromatic nitrogens is 3. The van der Waals surface area contributed by atoms with E-state index in [2.05, 4.69) is 241 Å². The summed E-state index contributed by atoms with van der Waals surface area (Å²) >= 11 is 0. The van der Waals surface area contributed by atoms with Crippen molar-refractivity contribution in [2.75, 3.05) is 0 Å². The Hall–Kier alpha value is -8.92. The van der Waals surface area contributed by atoms with Gasteiger partial charge in [0.15, 0.2) is 0 Å². The summed E-state index contributed by atoms with van der Waals surface area (Å²) < 4.78 is 2.39. The number of rotatable bonds is 9. The van der Waals surface area contributed by atoms with Crippen LogP contribution in [-0.4, -0.2) is 14.5 Å². The molecule has 0 bridgehead atoms. The summed E-state index contributed by atoms with van der Waals surface area (Å²) in [5, 5.41) is 2.41. The molecule has 0 unspecified atom stereocenters. The van der Waals surface area contributed by atoms with E-state index in [0.717, 1.165) is 95.2 Å². The third-order valence-corrected chi connectivity index (χ3v) is 12.8. The molecule has 0 spiro atoms. The van der Waals surface area contributed by atoms with E-state index < -0.39 is 0 Å². The topological polar surface area (TPSA) is 30.7 Å². The number of para-hydroxylation sites is 1. The maximum absolute atomic E-state index is 5.14. The van der Waals surface area contributed by atoms with Crippen LogP contribution in [0.2, 0.25) is 0 Å². The molecule has 3 nitrogen and oxygen atoms in total. The Balaban J connectivity index is 0.972. The van der Waals surface area contributed by atoms with Crippen LogP contribution in [0.15, 0.2) is 261 Å². The van der Waals surface area contributed by atoms with Gasteiger partial charge < -0.3 is 4.57 Å². The molecule has 0 fully saturated rings. The number of pyridine rings is 2. The van der Waals surface area contributed by atoms with E-state index >= 15 is 0 Å². The van der Waals surface area contributed by atoms with Crippen LogP contribution < -0.4 is 0 Å².